The van der Waals surface area contributed by atoms with Crippen molar-refractivity contribution in [1.82, 2.24) is 10.2 Å². The third-order valence-corrected chi connectivity index (χ3v) is 6.16. The van der Waals surface area contributed by atoms with E-state index >= 15 is 0 Å². The fourth-order valence-corrected chi connectivity index (χ4v) is 4.41. The summed E-state index contributed by atoms with van der Waals surface area (Å²) in [5.41, 5.74) is 0.489. The SMILES string of the molecule is C[NH+](Cc1ccc(F)cc1)CN1C(=O)NC2(CCC(C(C)(C)C)CC2)C1=O. The van der Waals surface area contributed by atoms with E-state index in [0.29, 0.717) is 32.0 Å². The van der Waals surface area contributed by atoms with E-state index in [0.717, 1.165) is 23.3 Å². The van der Waals surface area contributed by atoms with Crippen molar-refractivity contribution in [3.63, 3.8) is 0 Å². The van der Waals surface area contributed by atoms with Gasteiger partial charge in [-0.25, -0.2) is 14.1 Å². The molecule has 3 rings (SSSR count). The minimum atomic E-state index is -0.713. The summed E-state index contributed by atoms with van der Waals surface area (Å²) < 4.78 is 13.0. The Morgan fingerprint density at radius 3 is 2.33 bits per heavy atom. The number of quaternary nitrogens is 1. The molecule has 1 unspecified atom stereocenters. The van der Waals surface area contributed by atoms with Crippen molar-refractivity contribution in [3.05, 3.63) is 35.6 Å². The zero-order valence-corrected chi connectivity index (χ0v) is 16.8. The molecule has 1 atom stereocenters. The quantitative estimate of drug-likeness (QED) is 0.793. The number of carbonyl (C=O) groups excluding carboxylic acids is 2. The number of halogens is 1. The minimum absolute atomic E-state index is 0.0849. The molecular weight excluding hydrogens is 345 g/mol. The van der Waals surface area contributed by atoms with Crippen molar-refractivity contribution in [2.24, 2.45) is 11.3 Å². The van der Waals surface area contributed by atoms with Crippen LogP contribution in [-0.2, 0) is 11.3 Å². The molecule has 3 amide bonds. The lowest BCUT2D eigenvalue weighted by atomic mass is 9.67. The van der Waals surface area contributed by atoms with Crippen LogP contribution in [0.2, 0.25) is 0 Å². The Balaban J connectivity index is 1.62. The lowest BCUT2D eigenvalue weighted by Gasteiger charge is -2.40. The third-order valence-electron chi connectivity index (χ3n) is 6.16. The van der Waals surface area contributed by atoms with Crippen LogP contribution >= 0.6 is 0 Å². The van der Waals surface area contributed by atoms with E-state index in [9.17, 15) is 14.0 Å². The molecule has 1 aliphatic heterocycles. The zero-order valence-electron chi connectivity index (χ0n) is 16.8. The number of benzene rings is 1. The highest BCUT2D eigenvalue weighted by molar-refractivity contribution is 6.06. The van der Waals surface area contributed by atoms with E-state index in [1.54, 1.807) is 12.1 Å². The molecule has 6 heteroatoms. The van der Waals surface area contributed by atoms with Gasteiger partial charge in [0.25, 0.3) is 5.91 Å². The van der Waals surface area contributed by atoms with Crippen molar-refractivity contribution in [3.8, 4) is 0 Å². The van der Waals surface area contributed by atoms with Crippen molar-refractivity contribution >= 4 is 11.9 Å². The van der Waals surface area contributed by atoms with Crippen molar-refractivity contribution < 1.29 is 18.9 Å². The molecule has 1 saturated heterocycles. The Morgan fingerprint density at radius 1 is 1.19 bits per heavy atom. The summed E-state index contributed by atoms with van der Waals surface area (Å²) in [7, 11) is 1.94. The van der Waals surface area contributed by atoms with Gasteiger partial charge in [-0.3, -0.25) is 4.79 Å². The largest absolute Gasteiger partial charge is 0.329 e. The van der Waals surface area contributed by atoms with Gasteiger partial charge in [0.15, 0.2) is 6.67 Å². The molecular formula is C21H31FN3O2+. The Morgan fingerprint density at radius 2 is 1.78 bits per heavy atom. The number of urea groups is 1. The normalized spacial score (nSPS) is 27.1. The lowest BCUT2D eigenvalue weighted by Crippen LogP contribution is -3.09. The van der Waals surface area contributed by atoms with E-state index in [2.05, 4.69) is 26.1 Å². The van der Waals surface area contributed by atoms with Gasteiger partial charge >= 0.3 is 6.03 Å². The molecule has 2 fully saturated rings. The van der Waals surface area contributed by atoms with Crippen LogP contribution in [0.4, 0.5) is 9.18 Å². The first kappa shape index (κ1) is 19.8. The molecule has 1 spiro atoms. The van der Waals surface area contributed by atoms with Crippen LogP contribution in [0, 0.1) is 17.2 Å². The van der Waals surface area contributed by atoms with Gasteiger partial charge in [-0.1, -0.05) is 32.9 Å². The van der Waals surface area contributed by atoms with Gasteiger partial charge in [0.1, 0.15) is 17.9 Å². The predicted octanol–water partition coefficient (Wildman–Crippen LogP) is 2.32. The number of amides is 3. The molecule has 1 aromatic rings. The van der Waals surface area contributed by atoms with Gasteiger partial charge in [-0.15, -0.1) is 0 Å². The standard InChI is InChI=1S/C21H30FN3O2/c1-20(2,3)16-9-11-21(12-10-16)18(26)25(19(27)23-21)14-24(4)13-15-5-7-17(22)8-6-15/h5-8,16H,9-14H2,1-4H3,(H,23,27)/p+1. The maximum atomic E-state index is 13.1. The average Bonchev–Trinajstić information content (AvgIpc) is 2.81. The van der Waals surface area contributed by atoms with Crippen molar-refractivity contribution in [1.29, 1.82) is 0 Å². The van der Waals surface area contributed by atoms with E-state index in [1.807, 2.05) is 7.05 Å². The molecule has 2 aliphatic rings. The van der Waals surface area contributed by atoms with Crippen LogP contribution < -0.4 is 10.2 Å². The summed E-state index contributed by atoms with van der Waals surface area (Å²) >= 11 is 0. The molecule has 1 heterocycles. The highest BCUT2D eigenvalue weighted by Crippen LogP contribution is 2.43. The summed E-state index contributed by atoms with van der Waals surface area (Å²) in [6.45, 7) is 7.66. The molecule has 27 heavy (non-hydrogen) atoms. The second-order valence-corrected chi connectivity index (χ2v) is 9.30. The molecule has 2 N–H and O–H groups in total. The fourth-order valence-electron chi connectivity index (χ4n) is 4.41. The van der Waals surface area contributed by atoms with Crippen LogP contribution in [0.15, 0.2) is 24.3 Å². The first-order chi connectivity index (χ1) is 12.6. The molecule has 0 bridgehead atoms. The molecule has 148 valence electrons. The Bertz CT molecular complexity index is 703. The number of carbonyl (C=O) groups is 2. The first-order valence-electron chi connectivity index (χ1n) is 9.80. The number of hydrogen-bond acceptors (Lipinski definition) is 2. The zero-order chi connectivity index (χ0) is 19.8. The van der Waals surface area contributed by atoms with Gasteiger partial charge < -0.3 is 10.2 Å². The molecule has 0 radical (unpaired) electrons. The van der Waals surface area contributed by atoms with Crippen LogP contribution in [0.5, 0.6) is 0 Å². The van der Waals surface area contributed by atoms with E-state index < -0.39 is 5.54 Å². The summed E-state index contributed by atoms with van der Waals surface area (Å²) in [6.07, 6.45) is 3.35. The van der Waals surface area contributed by atoms with Crippen LogP contribution in [0.25, 0.3) is 0 Å². The predicted molar refractivity (Wildman–Crippen MR) is 101 cm³/mol. The third kappa shape index (κ3) is 4.15. The highest BCUT2D eigenvalue weighted by Gasteiger charge is 2.53. The molecule has 5 nitrogen and oxygen atoms in total. The van der Waals surface area contributed by atoms with Crippen LogP contribution in [-0.4, -0.2) is 36.1 Å². The Labute approximate surface area is 160 Å². The van der Waals surface area contributed by atoms with Gasteiger partial charge in [0.05, 0.1) is 7.05 Å². The topological polar surface area (TPSA) is 53.9 Å². The second kappa shape index (κ2) is 7.23. The smallest absolute Gasteiger partial charge is 0.323 e. The number of nitrogens with zero attached hydrogens (tertiary/aromatic N) is 1. The number of nitrogens with one attached hydrogen (secondary N) is 2. The highest BCUT2D eigenvalue weighted by atomic mass is 19.1. The van der Waals surface area contributed by atoms with E-state index in [4.69, 9.17) is 0 Å². The van der Waals surface area contributed by atoms with Gasteiger partial charge in [-0.2, -0.15) is 0 Å². The molecule has 0 aromatic heterocycles. The molecule has 1 aliphatic carbocycles. The number of rotatable bonds is 4. The Kier molecular flexibility index (Phi) is 5.30. The monoisotopic (exact) mass is 376 g/mol. The minimum Gasteiger partial charge on any atom is -0.323 e. The summed E-state index contributed by atoms with van der Waals surface area (Å²) in [5, 5.41) is 2.99. The maximum Gasteiger partial charge on any atom is 0.329 e. The number of hydrogen-bond donors (Lipinski definition) is 2. The lowest BCUT2D eigenvalue weighted by molar-refractivity contribution is -0.901. The van der Waals surface area contributed by atoms with Crippen LogP contribution in [0.3, 0.4) is 0 Å². The molecule has 1 aromatic carbocycles. The van der Waals surface area contributed by atoms with Gasteiger partial charge in [0.2, 0.25) is 0 Å². The summed E-state index contributed by atoms with van der Waals surface area (Å²) in [4.78, 5) is 27.9. The summed E-state index contributed by atoms with van der Waals surface area (Å²) in [5.74, 6) is 0.227. The van der Waals surface area contributed by atoms with Crippen LogP contribution in [0.1, 0.15) is 52.0 Å². The average molecular weight is 376 g/mol. The van der Waals surface area contributed by atoms with E-state index in [1.165, 1.54) is 17.0 Å². The second-order valence-electron chi connectivity index (χ2n) is 9.30. The van der Waals surface area contributed by atoms with Gasteiger partial charge in [-0.05, 0) is 49.1 Å². The maximum absolute atomic E-state index is 13.1. The van der Waals surface area contributed by atoms with E-state index in [-0.39, 0.29) is 23.2 Å². The summed E-state index contributed by atoms with van der Waals surface area (Å²) in [6, 6.07) is 6.05. The van der Waals surface area contributed by atoms with Gasteiger partial charge in [0, 0.05) is 5.56 Å². The number of imide groups is 1. The van der Waals surface area contributed by atoms with Crippen molar-refractivity contribution in [2.45, 2.75) is 58.5 Å². The fraction of sp³-hybridized carbons (Fsp3) is 0.619. The first-order valence-corrected chi connectivity index (χ1v) is 9.80. The molecule has 1 saturated carbocycles. The Hall–Kier alpha value is -1.95. The van der Waals surface area contributed by atoms with Crippen molar-refractivity contribution in [2.75, 3.05) is 13.7 Å².